The Kier molecular flexibility index (Phi) is 6.04. The Hall–Kier alpha value is -1.09. The molecule has 0 aromatic carbocycles. The Morgan fingerprint density at radius 1 is 1.33 bits per heavy atom. The van der Waals surface area contributed by atoms with Crippen molar-refractivity contribution in [1.29, 1.82) is 0 Å². The molecule has 21 heavy (non-hydrogen) atoms. The van der Waals surface area contributed by atoms with Crippen LogP contribution in [0.15, 0.2) is 18.3 Å². The average molecular weight is 289 g/mol. The van der Waals surface area contributed by atoms with E-state index in [0.29, 0.717) is 12.0 Å². The zero-order chi connectivity index (χ0) is 15.2. The maximum absolute atomic E-state index is 4.66. The molecule has 3 nitrogen and oxygen atoms in total. The third-order valence-electron chi connectivity index (χ3n) is 4.51. The average Bonchev–Trinajstić information content (AvgIpc) is 2.47. The standard InChI is InChI=1S/C18H31N3/c1-14(2)11-19-12-16-8-9-18(20-13-16)21(4)17-7-5-6-15(3)10-17/h8-9,13-15,17,19H,5-7,10-12H2,1-4H3. The molecule has 2 atom stereocenters. The first-order valence-electron chi connectivity index (χ1n) is 8.44. The predicted octanol–water partition coefficient (Wildman–Crippen LogP) is 3.84. The summed E-state index contributed by atoms with van der Waals surface area (Å²) in [6.45, 7) is 8.80. The molecule has 1 fully saturated rings. The maximum Gasteiger partial charge on any atom is 0.128 e. The third kappa shape index (κ3) is 4.99. The topological polar surface area (TPSA) is 28.2 Å². The molecular formula is C18H31N3. The van der Waals surface area contributed by atoms with Gasteiger partial charge < -0.3 is 10.2 Å². The molecule has 0 radical (unpaired) electrons. The first-order chi connectivity index (χ1) is 10.1. The zero-order valence-corrected chi connectivity index (χ0v) is 14.1. The molecule has 0 aliphatic heterocycles. The van der Waals surface area contributed by atoms with E-state index in [1.165, 1.54) is 31.2 Å². The van der Waals surface area contributed by atoms with Gasteiger partial charge in [-0.2, -0.15) is 0 Å². The summed E-state index contributed by atoms with van der Waals surface area (Å²) < 4.78 is 0. The van der Waals surface area contributed by atoms with Gasteiger partial charge in [-0.25, -0.2) is 4.98 Å². The van der Waals surface area contributed by atoms with E-state index in [1.54, 1.807) is 0 Å². The molecule has 118 valence electrons. The second-order valence-electron chi connectivity index (χ2n) is 7.09. The van der Waals surface area contributed by atoms with Crippen molar-refractivity contribution >= 4 is 5.82 Å². The minimum absolute atomic E-state index is 0.658. The lowest BCUT2D eigenvalue weighted by atomic mass is 9.86. The minimum atomic E-state index is 0.658. The van der Waals surface area contributed by atoms with Crippen molar-refractivity contribution in [2.75, 3.05) is 18.5 Å². The van der Waals surface area contributed by atoms with Gasteiger partial charge in [-0.1, -0.05) is 39.7 Å². The van der Waals surface area contributed by atoms with Gasteiger partial charge in [0.05, 0.1) is 0 Å². The Labute approximate surface area is 130 Å². The summed E-state index contributed by atoms with van der Waals surface area (Å²) >= 11 is 0. The number of nitrogens with one attached hydrogen (secondary N) is 1. The first-order valence-corrected chi connectivity index (χ1v) is 8.44. The van der Waals surface area contributed by atoms with Crippen LogP contribution in [0.5, 0.6) is 0 Å². The van der Waals surface area contributed by atoms with Crippen LogP contribution in [0, 0.1) is 11.8 Å². The molecule has 1 aromatic rings. The van der Waals surface area contributed by atoms with Gasteiger partial charge in [-0.3, -0.25) is 0 Å². The highest BCUT2D eigenvalue weighted by Crippen LogP contribution is 2.28. The van der Waals surface area contributed by atoms with Gasteiger partial charge in [0.25, 0.3) is 0 Å². The van der Waals surface area contributed by atoms with Crippen LogP contribution in [0.2, 0.25) is 0 Å². The highest BCUT2D eigenvalue weighted by molar-refractivity contribution is 5.39. The molecule has 0 spiro atoms. The molecule has 1 heterocycles. The van der Waals surface area contributed by atoms with Crippen LogP contribution in [-0.2, 0) is 6.54 Å². The fourth-order valence-corrected chi connectivity index (χ4v) is 3.18. The molecule has 0 bridgehead atoms. The molecule has 0 saturated heterocycles. The molecule has 3 heteroatoms. The van der Waals surface area contributed by atoms with E-state index in [-0.39, 0.29) is 0 Å². The van der Waals surface area contributed by atoms with Gasteiger partial charge in [0.1, 0.15) is 5.82 Å². The molecule has 1 aliphatic carbocycles. The van der Waals surface area contributed by atoms with Crippen molar-refractivity contribution in [1.82, 2.24) is 10.3 Å². The number of aromatic nitrogens is 1. The van der Waals surface area contributed by atoms with Crippen molar-refractivity contribution in [2.45, 2.75) is 59.0 Å². The largest absolute Gasteiger partial charge is 0.357 e. The lowest BCUT2D eigenvalue weighted by Crippen LogP contribution is -2.36. The van der Waals surface area contributed by atoms with E-state index in [1.807, 2.05) is 6.20 Å². The molecule has 1 N–H and O–H groups in total. The lowest BCUT2D eigenvalue weighted by molar-refractivity contribution is 0.335. The quantitative estimate of drug-likeness (QED) is 0.862. The van der Waals surface area contributed by atoms with Crippen LogP contribution in [0.1, 0.15) is 52.0 Å². The van der Waals surface area contributed by atoms with Gasteiger partial charge in [-0.15, -0.1) is 0 Å². The number of anilines is 1. The zero-order valence-electron chi connectivity index (χ0n) is 14.1. The van der Waals surface area contributed by atoms with Crippen LogP contribution in [0.25, 0.3) is 0 Å². The van der Waals surface area contributed by atoms with Gasteiger partial charge in [0.2, 0.25) is 0 Å². The monoisotopic (exact) mass is 289 g/mol. The van der Waals surface area contributed by atoms with E-state index >= 15 is 0 Å². The molecule has 1 aliphatic rings. The summed E-state index contributed by atoms with van der Waals surface area (Å²) in [6, 6.07) is 5.04. The predicted molar refractivity (Wildman–Crippen MR) is 90.6 cm³/mol. The third-order valence-corrected chi connectivity index (χ3v) is 4.51. The molecule has 1 saturated carbocycles. The van der Waals surface area contributed by atoms with E-state index < -0.39 is 0 Å². The van der Waals surface area contributed by atoms with Crippen LogP contribution in [0.3, 0.4) is 0 Å². The van der Waals surface area contributed by atoms with E-state index in [2.05, 4.69) is 55.2 Å². The second kappa shape index (κ2) is 7.79. The van der Waals surface area contributed by atoms with E-state index in [9.17, 15) is 0 Å². The highest BCUT2D eigenvalue weighted by atomic mass is 15.2. The second-order valence-corrected chi connectivity index (χ2v) is 7.09. The molecular weight excluding hydrogens is 258 g/mol. The number of hydrogen-bond donors (Lipinski definition) is 1. The van der Waals surface area contributed by atoms with Crippen LogP contribution in [0.4, 0.5) is 5.82 Å². The first kappa shape index (κ1) is 16.3. The number of hydrogen-bond acceptors (Lipinski definition) is 3. The van der Waals surface area contributed by atoms with Crippen molar-refractivity contribution in [3.63, 3.8) is 0 Å². The van der Waals surface area contributed by atoms with Gasteiger partial charge >= 0.3 is 0 Å². The Balaban J connectivity index is 1.88. The SMILES string of the molecule is CC(C)CNCc1ccc(N(C)C2CCCC(C)C2)nc1. The maximum atomic E-state index is 4.66. The van der Waals surface area contributed by atoms with Crippen LogP contribution < -0.4 is 10.2 Å². The fraction of sp³-hybridized carbons (Fsp3) is 0.722. The van der Waals surface area contributed by atoms with Crippen LogP contribution >= 0.6 is 0 Å². The van der Waals surface area contributed by atoms with Crippen molar-refractivity contribution in [3.05, 3.63) is 23.9 Å². The smallest absolute Gasteiger partial charge is 0.128 e. The summed E-state index contributed by atoms with van der Waals surface area (Å²) in [4.78, 5) is 7.04. The summed E-state index contributed by atoms with van der Waals surface area (Å²) in [5.41, 5.74) is 1.27. The number of rotatable bonds is 6. The van der Waals surface area contributed by atoms with E-state index in [0.717, 1.165) is 24.8 Å². The normalized spacial score (nSPS) is 22.5. The summed E-state index contributed by atoms with van der Waals surface area (Å²) in [6.07, 6.45) is 7.37. The molecule has 1 aromatic heterocycles. The van der Waals surface area contributed by atoms with E-state index in [4.69, 9.17) is 0 Å². The number of nitrogens with zero attached hydrogens (tertiary/aromatic N) is 2. The Morgan fingerprint density at radius 2 is 2.14 bits per heavy atom. The Bertz CT molecular complexity index is 413. The highest BCUT2D eigenvalue weighted by Gasteiger charge is 2.23. The van der Waals surface area contributed by atoms with Crippen molar-refractivity contribution in [3.8, 4) is 0 Å². The fourth-order valence-electron chi connectivity index (χ4n) is 3.18. The molecule has 0 amide bonds. The van der Waals surface area contributed by atoms with Crippen molar-refractivity contribution in [2.24, 2.45) is 11.8 Å². The lowest BCUT2D eigenvalue weighted by Gasteiger charge is -2.34. The molecule has 2 unspecified atom stereocenters. The van der Waals surface area contributed by atoms with Crippen molar-refractivity contribution < 1.29 is 0 Å². The Morgan fingerprint density at radius 3 is 2.76 bits per heavy atom. The van der Waals surface area contributed by atoms with Gasteiger partial charge in [0, 0.05) is 25.8 Å². The van der Waals surface area contributed by atoms with Gasteiger partial charge in [-0.05, 0) is 42.9 Å². The van der Waals surface area contributed by atoms with Crippen LogP contribution in [-0.4, -0.2) is 24.6 Å². The summed E-state index contributed by atoms with van der Waals surface area (Å²) in [5.74, 6) is 2.66. The minimum Gasteiger partial charge on any atom is -0.357 e. The van der Waals surface area contributed by atoms with Gasteiger partial charge in [0.15, 0.2) is 0 Å². The molecule has 2 rings (SSSR count). The summed E-state index contributed by atoms with van der Waals surface area (Å²) in [5, 5.41) is 3.47. The summed E-state index contributed by atoms with van der Waals surface area (Å²) in [7, 11) is 2.20. The number of pyridine rings is 1.